The highest BCUT2D eigenvalue weighted by Crippen LogP contribution is 2.12. The molecule has 2 amide bonds. The van der Waals surface area contributed by atoms with Crippen LogP contribution in [0.3, 0.4) is 0 Å². The van der Waals surface area contributed by atoms with Gasteiger partial charge in [-0.1, -0.05) is 22.9 Å². The molecule has 0 spiro atoms. The number of benzene rings is 1. The molecule has 0 aliphatic rings. The zero-order valence-corrected chi connectivity index (χ0v) is 14.0. The first-order valence-electron chi connectivity index (χ1n) is 7.57. The second-order valence-electron chi connectivity index (χ2n) is 5.54. The molecular weight excluding hydrogens is 294 g/mol. The first kappa shape index (κ1) is 16.9. The van der Waals surface area contributed by atoms with Crippen molar-refractivity contribution in [3.63, 3.8) is 0 Å². The lowest BCUT2D eigenvalue weighted by Gasteiger charge is -2.18. The molecule has 0 aliphatic carbocycles. The number of aryl methyl sites for hydroxylation is 3. The van der Waals surface area contributed by atoms with Crippen LogP contribution in [0.5, 0.6) is 5.75 Å². The van der Waals surface area contributed by atoms with Crippen LogP contribution >= 0.6 is 0 Å². The molecule has 23 heavy (non-hydrogen) atoms. The molecule has 6 heteroatoms. The van der Waals surface area contributed by atoms with E-state index in [1.54, 1.807) is 11.9 Å². The van der Waals surface area contributed by atoms with Crippen molar-refractivity contribution in [1.82, 2.24) is 15.4 Å². The number of carbonyl (C=O) groups excluding carboxylic acids is 1. The zero-order valence-electron chi connectivity index (χ0n) is 14.0. The maximum Gasteiger partial charge on any atom is 0.317 e. The summed E-state index contributed by atoms with van der Waals surface area (Å²) in [5, 5.41) is 6.72. The molecule has 124 valence electrons. The van der Waals surface area contributed by atoms with E-state index in [0.29, 0.717) is 19.7 Å². The monoisotopic (exact) mass is 317 g/mol. The lowest BCUT2D eigenvalue weighted by Crippen LogP contribution is -2.39. The maximum absolute atomic E-state index is 12.1. The minimum absolute atomic E-state index is 0.155. The van der Waals surface area contributed by atoms with E-state index in [-0.39, 0.29) is 6.03 Å². The average molecular weight is 317 g/mol. The second kappa shape index (κ2) is 7.67. The van der Waals surface area contributed by atoms with E-state index in [4.69, 9.17) is 9.26 Å². The first-order chi connectivity index (χ1) is 11.0. The maximum atomic E-state index is 12.1. The van der Waals surface area contributed by atoms with E-state index in [0.717, 1.165) is 22.8 Å². The molecule has 2 rings (SSSR count). The van der Waals surface area contributed by atoms with Crippen LogP contribution in [0.4, 0.5) is 4.79 Å². The van der Waals surface area contributed by atoms with Crippen LogP contribution < -0.4 is 10.1 Å². The number of urea groups is 1. The second-order valence-corrected chi connectivity index (χ2v) is 5.54. The molecule has 0 saturated heterocycles. The number of hydrogen-bond donors (Lipinski definition) is 1. The molecule has 0 unspecified atom stereocenters. The van der Waals surface area contributed by atoms with Crippen molar-refractivity contribution >= 4 is 6.03 Å². The lowest BCUT2D eigenvalue weighted by molar-refractivity contribution is 0.195. The van der Waals surface area contributed by atoms with E-state index in [2.05, 4.69) is 10.5 Å². The smallest absolute Gasteiger partial charge is 0.317 e. The van der Waals surface area contributed by atoms with E-state index in [9.17, 15) is 4.79 Å². The number of hydrogen-bond acceptors (Lipinski definition) is 4. The number of likely N-dealkylation sites (N-methyl/N-ethyl adjacent to an activating group) is 1. The Balaban J connectivity index is 1.73. The highest BCUT2D eigenvalue weighted by atomic mass is 16.5. The highest BCUT2D eigenvalue weighted by Gasteiger charge is 2.12. The van der Waals surface area contributed by atoms with Crippen molar-refractivity contribution < 1.29 is 14.1 Å². The molecule has 0 aliphatic heterocycles. The van der Waals surface area contributed by atoms with Gasteiger partial charge in [-0.2, -0.15) is 0 Å². The number of amides is 2. The van der Waals surface area contributed by atoms with Crippen LogP contribution in [-0.4, -0.2) is 36.3 Å². The topological polar surface area (TPSA) is 67.6 Å². The van der Waals surface area contributed by atoms with Crippen LogP contribution in [-0.2, 0) is 6.54 Å². The van der Waals surface area contributed by atoms with Crippen LogP contribution in [0.25, 0.3) is 0 Å². The normalized spacial score (nSPS) is 10.4. The number of aromatic nitrogens is 1. The Hall–Kier alpha value is -2.50. The molecule has 0 radical (unpaired) electrons. The number of ether oxygens (including phenoxy) is 1. The third-order valence-corrected chi connectivity index (χ3v) is 3.66. The molecule has 2 aromatic rings. The van der Waals surface area contributed by atoms with E-state index < -0.39 is 0 Å². The lowest BCUT2D eigenvalue weighted by atomic mass is 10.2. The fourth-order valence-corrected chi connectivity index (χ4v) is 2.09. The van der Waals surface area contributed by atoms with Crippen molar-refractivity contribution in [2.24, 2.45) is 0 Å². The molecule has 0 atom stereocenters. The van der Waals surface area contributed by atoms with Gasteiger partial charge in [0.2, 0.25) is 0 Å². The van der Waals surface area contributed by atoms with Gasteiger partial charge in [0.25, 0.3) is 0 Å². The number of nitrogens with zero attached hydrogens (tertiary/aromatic N) is 2. The molecular formula is C17H23N3O3. The summed E-state index contributed by atoms with van der Waals surface area (Å²) in [7, 11) is 1.74. The van der Waals surface area contributed by atoms with Crippen LogP contribution in [0.2, 0.25) is 0 Å². The predicted octanol–water partition coefficient (Wildman–Crippen LogP) is 2.82. The molecule has 0 bridgehead atoms. The summed E-state index contributed by atoms with van der Waals surface area (Å²) in [5.74, 6) is 1.54. The van der Waals surface area contributed by atoms with Gasteiger partial charge < -0.3 is 19.5 Å². The van der Waals surface area contributed by atoms with Gasteiger partial charge in [-0.3, -0.25) is 0 Å². The average Bonchev–Trinajstić information content (AvgIpc) is 2.85. The van der Waals surface area contributed by atoms with E-state index in [1.165, 1.54) is 5.56 Å². The van der Waals surface area contributed by atoms with Crippen molar-refractivity contribution in [1.29, 1.82) is 0 Å². The van der Waals surface area contributed by atoms with Crippen molar-refractivity contribution in [3.05, 3.63) is 46.8 Å². The van der Waals surface area contributed by atoms with Gasteiger partial charge in [0.1, 0.15) is 18.1 Å². The van der Waals surface area contributed by atoms with Crippen molar-refractivity contribution in [2.45, 2.75) is 27.3 Å². The van der Waals surface area contributed by atoms with Gasteiger partial charge in [0.05, 0.1) is 12.2 Å². The molecule has 6 nitrogen and oxygen atoms in total. The number of rotatable bonds is 6. The summed E-state index contributed by atoms with van der Waals surface area (Å²) in [6.45, 7) is 7.07. The third kappa shape index (κ3) is 4.74. The van der Waals surface area contributed by atoms with Crippen LogP contribution in [0.15, 0.2) is 28.8 Å². The van der Waals surface area contributed by atoms with Gasteiger partial charge in [0.15, 0.2) is 0 Å². The van der Waals surface area contributed by atoms with Gasteiger partial charge in [0, 0.05) is 19.2 Å². The Morgan fingerprint density at radius 3 is 2.57 bits per heavy atom. The largest absolute Gasteiger partial charge is 0.492 e. The van der Waals surface area contributed by atoms with E-state index in [1.807, 2.05) is 45.0 Å². The third-order valence-electron chi connectivity index (χ3n) is 3.66. The summed E-state index contributed by atoms with van der Waals surface area (Å²) < 4.78 is 10.7. The van der Waals surface area contributed by atoms with E-state index >= 15 is 0 Å². The summed E-state index contributed by atoms with van der Waals surface area (Å²) in [6.07, 6.45) is 0. The fourth-order valence-electron chi connectivity index (χ4n) is 2.09. The number of nitrogens with one attached hydrogen (secondary N) is 1. The van der Waals surface area contributed by atoms with Gasteiger partial charge in [-0.25, -0.2) is 4.79 Å². The summed E-state index contributed by atoms with van der Waals surface area (Å²) in [4.78, 5) is 13.6. The van der Waals surface area contributed by atoms with Gasteiger partial charge in [-0.05, 0) is 32.9 Å². The van der Waals surface area contributed by atoms with Crippen LogP contribution in [0.1, 0.15) is 22.6 Å². The van der Waals surface area contributed by atoms with Crippen LogP contribution in [0, 0.1) is 20.8 Å². The first-order valence-corrected chi connectivity index (χ1v) is 7.57. The molecule has 1 aromatic carbocycles. The predicted molar refractivity (Wildman–Crippen MR) is 87.5 cm³/mol. The molecule has 1 aromatic heterocycles. The quantitative estimate of drug-likeness (QED) is 0.889. The minimum atomic E-state index is -0.155. The Kier molecular flexibility index (Phi) is 5.62. The number of carbonyl (C=O) groups is 1. The van der Waals surface area contributed by atoms with Gasteiger partial charge >= 0.3 is 6.03 Å². The zero-order chi connectivity index (χ0) is 16.8. The highest BCUT2D eigenvalue weighted by molar-refractivity contribution is 5.73. The molecule has 0 saturated carbocycles. The Morgan fingerprint density at radius 1 is 1.26 bits per heavy atom. The van der Waals surface area contributed by atoms with Crippen molar-refractivity contribution in [2.75, 3.05) is 20.2 Å². The Bertz CT molecular complexity index is 630. The van der Waals surface area contributed by atoms with Gasteiger partial charge in [-0.15, -0.1) is 0 Å². The fraction of sp³-hybridized carbons (Fsp3) is 0.412. The SMILES string of the molecule is Cc1ccc(OCCN(C)C(=O)NCc2c(C)noc2C)cc1. The minimum Gasteiger partial charge on any atom is -0.492 e. The Labute approximate surface area is 136 Å². The molecule has 0 fully saturated rings. The summed E-state index contributed by atoms with van der Waals surface area (Å²) in [6, 6.07) is 7.68. The van der Waals surface area contributed by atoms with Crippen molar-refractivity contribution in [3.8, 4) is 5.75 Å². The summed E-state index contributed by atoms with van der Waals surface area (Å²) >= 11 is 0. The summed E-state index contributed by atoms with van der Waals surface area (Å²) in [5.41, 5.74) is 2.91. The molecule has 1 heterocycles. The Morgan fingerprint density at radius 2 is 1.96 bits per heavy atom. The standard InChI is InChI=1S/C17H23N3O3/c1-12-5-7-15(8-6-12)22-10-9-20(4)17(21)18-11-16-13(2)19-23-14(16)3/h5-8H,9-11H2,1-4H3,(H,18,21). The molecule has 1 N–H and O–H groups in total.